The minimum absolute atomic E-state index is 1.02. The molecular formula is C13H28. The molecule has 2 aliphatic rings. The van der Waals surface area contributed by atoms with Gasteiger partial charge in [-0.1, -0.05) is 48.0 Å². The molecule has 0 heteroatoms. The molecule has 0 N–H and O–H groups in total. The van der Waals surface area contributed by atoms with Crippen molar-refractivity contribution < 1.29 is 0 Å². The number of rotatable bonds is 0. The summed E-state index contributed by atoms with van der Waals surface area (Å²) in [5.41, 5.74) is 0. The third-order valence-corrected chi connectivity index (χ3v) is 3.54. The van der Waals surface area contributed by atoms with Gasteiger partial charge in [0.1, 0.15) is 0 Å². The Labute approximate surface area is 85.1 Å². The van der Waals surface area contributed by atoms with E-state index in [1.807, 2.05) is 27.7 Å². The predicted molar refractivity (Wildman–Crippen MR) is 61.9 cm³/mol. The molecule has 0 spiro atoms. The second-order valence-corrected chi connectivity index (χ2v) is 4.07. The Kier molecular flexibility index (Phi) is 6.45. The SMILES string of the molecule is CC.CC.CC1CCC2CC2C1C. The zero-order valence-corrected chi connectivity index (χ0v) is 10.4. The third kappa shape index (κ3) is 3.32. The summed E-state index contributed by atoms with van der Waals surface area (Å²) in [6.07, 6.45) is 4.60. The average molecular weight is 184 g/mol. The Morgan fingerprint density at radius 2 is 1.38 bits per heavy atom. The molecule has 0 bridgehead atoms. The van der Waals surface area contributed by atoms with Crippen LogP contribution in [0.5, 0.6) is 0 Å². The summed E-state index contributed by atoms with van der Waals surface area (Å²) in [5, 5.41) is 0. The molecule has 2 saturated carbocycles. The van der Waals surface area contributed by atoms with E-state index in [1.54, 1.807) is 6.42 Å². The first-order valence-corrected chi connectivity index (χ1v) is 6.29. The van der Waals surface area contributed by atoms with Crippen LogP contribution in [0.1, 0.15) is 60.8 Å². The Balaban J connectivity index is 0.000000322. The molecule has 2 fully saturated rings. The van der Waals surface area contributed by atoms with Crippen molar-refractivity contribution in [1.29, 1.82) is 0 Å². The highest BCUT2D eigenvalue weighted by atomic mass is 14.5. The quantitative estimate of drug-likeness (QED) is 0.510. The van der Waals surface area contributed by atoms with E-state index in [-0.39, 0.29) is 0 Å². The van der Waals surface area contributed by atoms with Gasteiger partial charge in [0.25, 0.3) is 0 Å². The maximum atomic E-state index is 2.44. The van der Waals surface area contributed by atoms with Gasteiger partial charge in [-0.3, -0.25) is 0 Å². The van der Waals surface area contributed by atoms with Gasteiger partial charge in [0.2, 0.25) is 0 Å². The highest BCUT2D eigenvalue weighted by Gasteiger charge is 2.45. The van der Waals surface area contributed by atoms with Crippen LogP contribution in [0.15, 0.2) is 0 Å². The second kappa shape index (κ2) is 6.45. The molecule has 0 heterocycles. The zero-order chi connectivity index (χ0) is 10.4. The second-order valence-electron chi connectivity index (χ2n) is 4.07. The molecule has 0 saturated heterocycles. The smallest absolute Gasteiger partial charge is 0.0355 e. The fourth-order valence-corrected chi connectivity index (χ4v) is 2.41. The summed E-state index contributed by atoms with van der Waals surface area (Å²) in [6, 6.07) is 0. The molecule has 4 atom stereocenters. The minimum atomic E-state index is 1.02. The lowest BCUT2D eigenvalue weighted by Crippen LogP contribution is -2.15. The molecule has 0 amide bonds. The Hall–Kier alpha value is 0. The van der Waals surface area contributed by atoms with Crippen LogP contribution in [-0.2, 0) is 0 Å². The van der Waals surface area contributed by atoms with Crippen molar-refractivity contribution in [1.82, 2.24) is 0 Å². The number of fused-ring (bicyclic) bond motifs is 1. The minimum Gasteiger partial charge on any atom is -0.0683 e. The number of hydrogen-bond donors (Lipinski definition) is 0. The molecule has 0 aromatic heterocycles. The average Bonchev–Trinajstić information content (AvgIpc) is 2.98. The topological polar surface area (TPSA) is 0 Å². The lowest BCUT2D eigenvalue weighted by molar-refractivity contribution is 0.259. The standard InChI is InChI=1S/C9H16.2C2H6/c1-6-3-4-8-5-9(8)7(6)2;2*1-2/h6-9H,3-5H2,1-2H3;2*1-2H3. The van der Waals surface area contributed by atoms with Gasteiger partial charge < -0.3 is 0 Å². The fourth-order valence-electron chi connectivity index (χ4n) is 2.41. The van der Waals surface area contributed by atoms with Crippen LogP contribution in [0, 0.1) is 23.7 Å². The van der Waals surface area contributed by atoms with Gasteiger partial charge in [0.15, 0.2) is 0 Å². The molecule has 2 aliphatic carbocycles. The van der Waals surface area contributed by atoms with Crippen molar-refractivity contribution in [2.75, 3.05) is 0 Å². The largest absolute Gasteiger partial charge is 0.0683 e. The van der Waals surface area contributed by atoms with E-state index in [2.05, 4.69) is 13.8 Å². The summed E-state index contributed by atoms with van der Waals surface area (Å²) >= 11 is 0. The van der Waals surface area contributed by atoms with Gasteiger partial charge >= 0.3 is 0 Å². The number of hydrogen-bond acceptors (Lipinski definition) is 0. The lowest BCUT2D eigenvalue weighted by Gasteiger charge is -2.24. The molecule has 0 aromatic carbocycles. The first-order valence-electron chi connectivity index (χ1n) is 6.29. The molecule has 2 rings (SSSR count). The molecular weight excluding hydrogens is 156 g/mol. The summed E-state index contributed by atoms with van der Waals surface area (Å²) in [6.45, 7) is 12.9. The van der Waals surface area contributed by atoms with Gasteiger partial charge in [0, 0.05) is 0 Å². The molecule has 13 heavy (non-hydrogen) atoms. The lowest BCUT2D eigenvalue weighted by atomic mass is 9.82. The molecule has 80 valence electrons. The van der Waals surface area contributed by atoms with Crippen LogP contribution >= 0.6 is 0 Å². The third-order valence-electron chi connectivity index (χ3n) is 3.54. The van der Waals surface area contributed by atoms with Crippen LogP contribution in [0.2, 0.25) is 0 Å². The van der Waals surface area contributed by atoms with Crippen molar-refractivity contribution >= 4 is 0 Å². The van der Waals surface area contributed by atoms with E-state index in [0.717, 1.165) is 23.7 Å². The van der Waals surface area contributed by atoms with Gasteiger partial charge in [-0.15, -0.1) is 0 Å². The van der Waals surface area contributed by atoms with Crippen LogP contribution < -0.4 is 0 Å². The first kappa shape index (κ1) is 13.0. The van der Waals surface area contributed by atoms with E-state index < -0.39 is 0 Å². The van der Waals surface area contributed by atoms with Gasteiger partial charge in [-0.25, -0.2) is 0 Å². The van der Waals surface area contributed by atoms with Crippen molar-refractivity contribution in [3.63, 3.8) is 0 Å². The summed E-state index contributed by atoms with van der Waals surface area (Å²) in [7, 11) is 0. The van der Waals surface area contributed by atoms with E-state index in [1.165, 1.54) is 12.8 Å². The summed E-state index contributed by atoms with van der Waals surface area (Å²) in [5.74, 6) is 4.38. The summed E-state index contributed by atoms with van der Waals surface area (Å²) < 4.78 is 0. The first-order chi connectivity index (χ1) is 6.29. The fraction of sp³-hybridized carbons (Fsp3) is 1.00. The van der Waals surface area contributed by atoms with E-state index in [9.17, 15) is 0 Å². The highest BCUT2D eigenvalue weighted by Crippen LogP contribution is 2.54. The Morgan fingerprint density at radius 1 is 0.846 bits per heavy atom. The van der Waals surface area contributed by atoms with E-state index >= 15 is 0 Å². The monoisotopic (exact) mass is 184 g/mol. The Morgan fingerprint density at radius 3 is 1.85 bits per heavy atom. The van der Waals surface area contributed by atoms with Crippen LogP contribution in [0.3, 0.4) is 0 Å². The zero-order valence-electron chi connectivity index (χ0n) is 10.4. The molecule has 0 aromatic rings. The molecule has 0 radical (unpaired) electrons. The molecule has 4 unspecified atom stereocenters. The van der Waals surface area contributed by atoms with Crippen LogP contribution in [-0.4, -0.2) is 0 Å². The maximum absolute atomic E-state index is 2.44. The van der Waals surface area contributed by atoms with Crippen LogP contribution in [0.25, 0.3) is 0 Å². The van der Waals surface area contributed by atoms with E-state index in [0.29, 0.717) is 0 Å². The predicted octanol–water partition coefficient (Wildman–Crippen LogP) is 4.74. The van der Waals surface area contributed by atoms with Crippen molar-refractivity contribution in [3.8, 4) is 0 Å². The van der Waals surface area contributed by atoms with Crippen molar-refractivity contribution in [3.05, 3.63) is 0 Å². The molecule has 0 nitrogen and oxygen atoms in total. The van der Waals surface area contributed by atoms with Crippen LogP contribution in [0.4, 0.5) is 0 Å². The van der Waals surface area contributed by atoms with E-state index in [4.69, 9.17) is 0 Å². The molecule has 0 aliphatic heterocycles. The normalized spacial score (nSPS) is 40.2. The van der Waals surface area contributed by atoms with Crippen molar-refractivity contribution in [2.24, 2.45) is 23.7 Å². The Bertz CT molecular complexity index is 115. The highest BCUT2D eigenvalue weighted by molar-refractivity contribution is 4.95. The van der Waals surface area contributed by atoms with Gasteiger partial charge in [-0.2, -0.15) is 0 Å². The van der Waals surface area contributed by atoms with Crippen molar-refractivity contribution in [2.45, 2.75) is 60.8 Å². The van der Waals surface area contributed by atoms with Gasteiger partial charge in [0.05, 0.1) is 0 Å². The van der Waals surface area contributed by atoms with Gasteiger partial charge in [-0.05, 0) is 36.5 Å². The summed E-state index contributed by atoms with van der Waals surface area (Å²) in [4.78, 5) is 0. The maximum Gasteiger partial charge on any atom is -0.0355 e.